The maximum Gasteiger partial charge on any atom is 0.315 e. The van der Waals surface area contributed by atoms with Crippen LogP contribution in [0.2, 0.25) is 0 Å². The Morgan fingerprint density at radius 2 is 1.49 bits per heavy atom. The number of benzene rings is 4. The highest BCUT2D eigenvalue weighted by Gasteiger charge is 2.34. The summed E-state index contributed by atoms with van der Waals surface area (Å²) in [4.78, 5) is 14.6. The highest BCUT2D eigenvalue weighted by Crippen LogP contribution is 2.39. The molecule has 8 heteroatoms. The molecule has 4 aromatic rings. The van der Waals surface area contributed by atoms with Crippen LogP contribution < -0.4 is 10.6 Å². The molecule has 234 valence electrons. The minimum Gasteiger partial charge on any atom is -0.392 e. The lowest BCUT2D eigenvalue weighted by Crippen LogP contribution is -2.38. The van der Waals surface area contributed by atoms with E-state index in [0.717, 1.165) is 58.5 Å². The van der Waals surface area contributed by atoms with Gasteiger partial charge in [0.05, 0.1) is 24.9 Å². The Hall–Kier alpha value is -4.05. The second kappa shape index (κ2) is 14.8. The van der Waals surface area contributed by atoms with Crippen LogP contribution in [0.15, 0.2) is 103 Å². The first-order valence-electron chi connectivity index (χ1n) is 15.7. The lowest BCUT2D eigenvalue weighted by molar-refractivity contribution is -0.252. The quantitative estimate of drug-likeness (QED) is 0.191. The second-order valence-electron chi connectivity index (χ2n) is 11.9. The van der Waals surface area contributed by atoms with Gasteiger partial charge in [-0.15, -0.1) is 0 Å². The van der Waals surface area contributed by atoms with Crippen molar-refractivity contribution in [1.29, 1.82) is 0 Å². The fraction of sp³-hybridized carbons (Fsp3) is 0.324. The zero-order chi connectivity index (χ0) is 31.0. The van der Waals surface area contributed by atoms with Gasteiger partial charge in [0.25, 0.3) is 0 Å². The van der Waals surface area contributed by atoms with E-state index in [1.807, 2.05) is 66.7 Å². The minimum absolute atomic E-state index is 0.00725. The number of carbonyl (C=O) groups is 1. The van der Waals surface area contributed by atoms with E-state index < -0.39 is 6.29 Å². The summed E-state index contributed by atoms with van der Waals surface area (Å²) in [7, 11) is 0. The van der Waals surface area contributed by atoms with Gasteiger partial charge in [-0.2, -0.15) is 0 Å². The smallest absolute Gasteiger partial charge is 0.315 e. The van der Waals surface area contributed by atoms with Crippen molar-refractivity contribution in [2.75, 3.05) is 19.6 Å². The number of hydrogen-bond acceptors (Lipinski definition) is 6. The first kappa shape index (κ1) is 31.0. The molecule has 4 atom stereocenters. The van der Waals surface area contributed by atoms with Crippen molar-refractivity contribution in [3.05, 3.63) is 131 Å². The molecule has 2 aliphatic heterocycles. The fourth-order valence-electron chi connectivity index (χ4n) is 6.02. The monoisotopic (exact) mass is 607 g/mol. The number of amides is 2. The topological polar surface area (TPSA) is 103 Å². The number of β-amino-alcohol motifs (C(OH)–C–C–N with tert-alkyl or cyclic N) is 1. The molecule has 0 radical (unpaired) electrons. The van der Waals surface area contributed by atoms with E-state index in [4.69, 9.17) is 9.47 Å². The number of aliphatic hydroxyl groups is 2. The van der Waals surface area contributed by atoms with E-state index in [1.54, 1.807) is 0 Å². The summed E-state index contributed by atoms with van der Waals surface area (Å²) >= 11 is 0. The molecule has 2 saturated heterocycles. The molecule has 2 fully saturated rings. The predicted octanol–water partition coefficient (Wildman–Crippen LogP) is 5.46. The van der Waals surface area contributed by atoms with E-state index in [-0.39, 0.29) is 30.9 Å². The molecule has 4 aromatic carbocycles. The second-order valence-corrected chi connectivity index (χ2v) is 11.9. The standard InChI is InChI=1S/C37H41N3O5/c41-25-27-9-11-30(12-10-27)35-20-34(24-40-18-17-33(42)23-40)44-36(45-35)31-15-13-29(14-16-31)32-8-4-7-28(19-32)22-39-37(43)38-21-26-5-2-1-3-6-26/h1-16,19,33-36,41-42H,17-18,20-25H2,(H2,38,39,43)/t33-,34+,35-,36-/m0/s1. The Bertz CT molecular complexity index is 1530. The Labute approximate surface area is 264 Å². The van der Waals surface area contributed by atoms with Crippen molar-refractivity contribution < 1.29 is 24.5 Å². The molecule has 0 spiro atoms. The summed E-state index contributed by atoms with van der Waals surface area (Å²) in [6, 6.07) is 34.0. The number of hydrogen-bond donors (Lipinski definition) is 4. The van der Waals surface area contributed by atoms with Crippen molar-refractivity contribution in [2.24, 2.45) is 0 Å². The number of urea groups is 1. The molecular formula is C37H41N3O5. The Morgan fingerprint density at radius 3 is 2.20 bits per heavy atom. The van der Waals surface area contributed by atoms with E-state index in [2.05, 4.69) is 51.9 Å². The first-order valence-corrected chi connectivity index (χ1v) is 15.7. The van der Waals surface area contributed by atoms with Crippen molar-refractivity contribution >= 4 is 6.03 Å². The van der Waals surface area contributed by atoms with Gasteiger partial charge in [0.2, 0.25) is 0 Å². The molecule has 45 heavy (non-hydrogen) atoms. The van der Waals surface area contributed by atoms with Crippen LogP contribution in [0.5, 0.6) is 0 Å². The number of nitrogens with one attached hydrogen (secondary N) is 2. The van der Waals surface area contributed by atoms with Gasteiger partial charge in [-0.25, -0.2) is 4.79 Å². The average Bonchev–Trinajstić information content (AvgIpc) is 3.50. The third kappa shape index (κ3) is 8.36. The predicted molar refractivity (Wildman–Crippen MR) is 173 cm³/mol. The van der Waals surface area contributed by atoms with E-state index in [1.165, 1.54) is 0 Å². The third-order valence-corrected chi connectivity index (χ3v) is 8.52. The molecule has 2 heterocycles. The molecule has 4 N–H and O–H groups in total. The van der Waals surface area contributed by atoms with Crippen LogP contribution in [-0.2, 0) is 29.2 Å². The molecule has 0 saturated carbocycles. The fourth-order valence-corrected chi connectivity index (χ4v) is 6.02. The maximum absolute atomic E-state index is 12.3. The van der Waals surface area contributed by atoms with Crippen molar-refractivity contribution in [3.8, 4) is 11.1 Å². The Balaban J connectivity index is 1.10. The molecule has 0 aliphatic carbocycles. The number of ether oxygens (including phenoxy) is 2. The summed E-state index contributed by atoms with van der Waals surface area (Å²) < 4.78 is 13.0. The lowest BCUT2D eigenvalue weighted by Gasteiger charge is -2.37. The van der Waals surface area contributed by atoms with Crippen LogP contribution in [0.4, 0.5) is 4.79 Å². The van der Waals surface area contributed by atoms with Gasteiger partial charge in [0.1, 0.15) is 0 Å². The Morgan fingerprint density at radius 1 is 0.778 bits per heavy atom. The number of aliphatic hydroxyl groups excluding tert-OH is 2. The minimum atomic E-state index is -0.530. The van der Waals surface area contributed by atoms with Crippen LogP contribution >= 0.6 is 0 Å². The molecule has 6 rings (SSSR count). The highest BCUT2D eigenvalue weighted by atomic mass is 16.7. The molecular weight excluding hydrogens is 566 g/mol. The van der Waals surface area contributed by atoms with Crippen LogP contribution in [-0.4, -0.2) is 53.0 Å². The maximum atomic E-state index is 12.3. The molecule has 8 nitrogen and oxygen atoms in total. The molecule has 0 unspecified atom stereocenters. The molecule has 2 aliphatic rings. The van der Waals surface area contributed by atoms with Crippen molar-refractivity contribution in [1.82, 2.24) is 15.5 Å². The van der Waals surface area contributed by atoms with Gasteiger partial charge in [0, 0.05) is 44.7 Å². The Kier molecular flexibility index (Phi) is 10.2. The lowest BCUT2D eigenvalue weighted by atomic mass is 9.99. The summed E-state index contributed by atoms with van der Waals surface area (Å²) in [5.41, 5.74) is 7.04. The average molecular weight is 608 g/mol. The van der Waals surface area contributed by atoms with Gasteiger partial charge >= 0.3 is 6.03 Å². The van der Waals surface area contributed by atoms with E-state index in [9.17, 15) is 15.0 Å². The van der Waals surface area contributed by atoms with Gasteiger partial charge in [0.15, 0.2) is 6.29 Å². The van der Waals surface area contributed by atoms with Crippen LogP contribution in [0.3, 0.4) is 0 Å². The number of nitrogens with zero attached hydrogens (tertiary/aromatic N) is 1. The summed E-state index contributed by atoms with van der Waals surface area (Å²) in [5, 5.41) is 25.4. The van der Waals surface area contributed by atoms with Crippen molar-refractivity contribution in [3.63, 3.8) is 0 Å². The van der Waals surface area contributed by atoms with Gasteiger partial charge in [-0.3, -0.25) is 4.90 Å². The third-order valence-electron chi connectivity index (χ3n) is 8.52. The van der Waals surface area contributed by atoms with Gasteiger partial charge in [-0.05, 0) is 45.9 Å². The van der Waals surface area contributed by atoms with Gasteiger partial charge in [-0.1, -0.05) is 97.1 Å². The van der Waals surface area contributed by atoms with Gasteiger partial charge < -0.3 is 30.3 Å². The summed E-state index contributed by atoms with van der Waals surface area (Å²) in [6.45, 7) is 3.18. The summed E-state index contributed by atoms with van der Waals surface area (Å²) in [6.07, 6.45) is 0.496. The number of rotatable bonds is 10. The molecule has 0 bridgehead atoms. The largest absolute Gasteiger partial charge is 0.392 e. The molecule has 0 aromatic heterocycles. The van der Waals surface area contributed by atoms with Crippen molar-refractivity contribution in [2.45, 2.75) is 57.1 Å². The number of likely N-dealkylation sites (tertiary alicyclic amines) is 1. The first-order chi connectivity index (χ1) is 22.0. The number of carbonyl (C=O) groups excluding carboxylic acids is 1. The molecule has 2 amide bonds. The normalized spacial score (nSPS) is 21.8. The van der Waals surface area contributed by atoms with E-state index >= 15 is 0 Å². The van der Waals surface area contributed by atoms with Crippen LogP contribution in [0, 0.1) is 0 Å². The zero-order valence-electron chi connectivity index (χ0n) is 25.3. The van der Waals surface area contributed by atoms with Crippen LogP contribution in [0.25, 0.3) is 11.1 Å². The van der Waals surface area contributed by atoms with E-state index in [0.29, 0.717) is 26.1 Å². The van der Waals surface area contributed by atoms with Crippen LogP contribution in [0.1, 0.15) is 53.1 Å². The highest BCUT2D eigenvalue weighted by molar-refractivity contribution is 5.74. The zero-order valence-corrected chi connectivity index (χ0v) is 25.3. The SMILES string of the molecule is O=C(NCc1ccccc1)NCc1cccc(-c2ccc([C@H]3O[C@@H](CN4CC[C@H](O)C4)C[C@@H](c4ccc(CO)cc4)O3)cc2)c1. The summed E-state index contributed by atoms with van der Waals surface area (Å²) in [5.74, 6) is 0.